The second-order valence-corrected chi connectivity index (χ2v) is 7.42. The molecule has 0 unspecified atom stereocenters. The van der Waals surface area contributed by atoms with Crippen molar-refractivity contribution < 1.29 is 0 Å². The maximum Gasteiger partial charge on any atom is 0.193 e. The van der Waals surface area contributed by atoms with E-state index in [0.29, 0.717) is 5.92 Å². The fraction of sp³-hybridized carbons (Fsp3) is 0.524. The zero-order valence-corrected chi connectivity index (χ0v) is 20.3. The van der Waals surface area contributed by atoms with E-state index in [1.807, 2.05) is 18.8 Å². The minimum atomic E-state index is 0. The van der Waals surface area contributed by atoms with Crippen molar-refractivity contribution in [3.8, 4) is 0 Å². The van der Waals surface area contributed by atoms with Crippen LogP contribution >= 0.6 is 24.0 Å². The van der Waals surface area contributed by atoms with Crippen molar-refractivity contribution in [2.75, 3.05) is 34.2 Å². The summed E-state index contributed by atoms with van der Waals surface area (Å²) in [6.07, 6.45) is 2.10. The lowest BCUT2D eigenvalue weighted by Crippen LogP contribution is -2.41. The van der Waals surface area contributed by atoms with Gasteiger partial charge in [-0.3, -0.25) is 9.67 Å². The van der Waals surface area contributed by atoms with E-state index < -0.39 is 0 Å². The van der Waals surface area contributed by atoms with Gasteiger partial charge in [0.05, 0.1) is 5.69 Å². The van der Waals surface area contributed by atoms with Gasteiger partial charge in [-0.15, -0.1) is 24.0 Å². The van der Waals surface area contributed by atoms with Gasteiger partial charge in [0.1, 0.15) is 0 Å². The van der Waals surface area contributed by atoms with E-state index in [-0.39, 0.29) is 24.0 Å². The molecule has 0 aliphatic rings. The number of aromatic nitrogens is 2. The van der Waals surface area contributed by atoms with E-state index in [1.54, 1.807) is 0 Å². The predicted octanol–water partition coefficient (Wildman–Crippen LogP) is 3.30. The Hall–Kier alpha value is -1.61. The van der Waals surface area contributed by atoms with Gasteiger partial charge in [0.2, 0.25) is 0 Å². The van der Waals surface area contributed by atoms with Crippen molar-refractivity contribution in [2.45, 2.75) is 32.9 Å². The van der Waals surface area contributed by atoms with Crippen LogP contribution in [0.25, 0.3) is 0 Å². The Bertz CT molecular complexity index is 726. The highest BCUT2D eigenvalue weighted by Crippen LogP contribution is 2.18. The third kappa shape index (κ3) is 7.43. The molecule has 1 N–H and O–H groups in total. The summed E-state index contributed by atoms with van der Waals surface area (Å²) in [7, 11) is 8.02. The Morgan fingerprint density at radius 2 is 1.86 bits per heavy atom. The van der Waals surface area contributed by atoms with Crippen LogP contribution < -0.4 is 5.32 Å². The number of aryl methyl sites for hydroxylation is 1. The Kier molecular flexibility index (Phi) is 10.5. The van der Waals surface area contributed by atoms with Gasteiger partial charge in [0, 0.05) is 59.1 Å². The number of guanidine groups is 1. The Morgan fingerprint density at radius 1 is 1.18 bits per heavy atom. The molecule has 156 valence electrons. The summed E-state index contributed by atoms with van der Waals surface area (Å²) >= 11 is 0. The van der Waals surface area contributed by atoms with Crippen molar-refractivity contribution >= 4 is 29.9 Å². The lowest BCUT2D eigenvalue weighted by Gasteiger charge is -2.24. The monoisotopic (exact) mass is 498 g/mol. The molecule has 0 aliphatic carbocycles. The van der Waals surface area contributed by atoms with Crippen molar-refractivity contribution in [3.63, 3.8) is 0 Å². The fourth-order valence-electron chi connectivity index (χ4n) is 3.21. The second-order valence-electron chi connectivity index (χ2n) is 7.42. The number of halogens is 1. The molecule has 0 bridgehead atoms. The number of hydrogen-bond donors (Lipinski definition) is 1. The van der Waals surface area contributed by atoms with Crippen molar-refractivity contribution in [1.82, 2.24) is 24.9 Å². The summed E-state index contributed by atoms with van der Waals surface area (Å²) in [6, 6.07) is 10.6. The highest BCUT2D eigenvalue weighted by Gasteiger charge is 2.15. The first-order chi connectivity index (χ1) is 12.9. The number of nitrogens with one attached hydrogen (secondary N) is 1. The van der Waals surface area contributed by atoms with Gasteiger partial charge >= 0.3 is 0 Å². The molecule has 0 aliphatic heterocycles. The lowest BCUT2D eigenvalue weighted by atomic mass is 10.1. The molecule has 0 amide bonds. The van der Waals surface area contributed by atoms with Gasteiger partial charge in [-0.05, 0) is 18.5 Å². The molecule has 6 nitrogen and oxygen atoms in total. The molecule has 28 heavy (non-hydrogen) atoms. The Morgan fingerprint density at radius 3 is 2.46 bits per heavy atom. The number of hydrogen-bond acceptors (Lipinski definition) is 3. The number of nitrogens with zero attached hydrogens (tertiary/aromatic N) is 5. The minimum Gasteiger partial charge on any atom is -0.355 e. The van der Waals surface area contributed by atoms with Gasteiger partial charge in [0.15, 0.2) is 5.96 Å². The van der Waals surface area contributed by atoms with E-state index in [1.165, 1.54) is 11.1 Å². The minimum absolute atomic E-state index is 0. The Balaban J connectivity index is 0.00000392. The van der Waals surface area contributed by atoms with Gasteiger partial charge in [-0.25, -0.2) is 0 Å². The molecule has 0 saturated heterocycles. The highest BCUT2D eigenvalue weighted by molar-refractivity contribution is 14.0. The summed E-state index contributed by atoms with van der Waals surface area (Å²) in [5.41, 5.74) is 3.74. The van der Waals surface area contributed by atoms with E-state index >= 15 is 0 Å². The topological polar surface area (TPSA) is 48.7 Å². The van der Waals surface area contributed by atoms with Crippen LogP contribution in [0, 0.1) is 0 Å². The zero-order valence-electron chi connectivity index (χ0n) is 18.0. The quantitative estimate of drug-likeness (QED) is 0.345. The third-order valence-electron chi connectivity index (χ3n) is 4.54. The molecule has 2 aromatic rings. The average Bonchev–Trinajstić information content (AvgIpc) is 3.00. The van der Waals surface area contributed by atoms with Gasteiger partial charge in [0.25, 0.3) is 0 Å². The summed E-state index contributed by atoms with van der Waals surface area (Å²) in [4.78, 5) is 8.90. The predicted molar refractivity (Wildman–Crippen MR) is 128 cm³/mol. The molecule has 0 radical (unpaired) electrons. The molecular weight excluding hydrogens is 463 g/mol. The second kappa shape index (κ2) is 12.1. The molecule has 0 spiro atoms. The van der Waals surface area contributed by atoms with Crippen LogP contribution in [0.4, 0.5) is 0 Å². The van der Waals surface area contributed by atoms with Crippen LogP contribution in [0.15, 0.2) is 41.5 Å². The molecule has 2 rings (SSSR count). The molecular formula is C21H35IN6. The van der Waals surface area contributed by atoms with Gasteiger partial charge < -0.3 is 15.1 Å². The molecule has 1 aromatic carbocycles. The summed E-state index contributed by atoms with van der Waals surface area (Å²) in [5.74, 6) is 1.32. The van der Waals surface area contributed by atoms with E-state index in [2.05, 4.69) is 89.7 Å². The molecule has 7 heteroatoms. The molecule has 1 aromatic heterocycles. The van der Waals surface area contributed by atoms with Crippen LogP contribution in [0.2, 0.25) is 0 Å². The number of benzene rings is 1. The van der Waals surface area contributed by atoms with Crippen LogP contribution in [-0.2, 0) is 20.1 Å². The van der Waals surface area contributed by atoms with E-state index in [9.17, 15) is 0 Å². The molecule has 0 atom stereocenters. The lowest BCUT2D eigenvalue weighted by molar-refractivity contribution is 0.328. The highest BCUT2D eigenvalue weighted by atomic mass is 127. The van der Waals surface area contributed by atoms with Gasteiger partial charge in [-0.2, -0.15) is 5.10 Å². The summed E-state index contributed by atoms with van der Waals surface area (Å²) in [6.45, 7) is 7.91. The molecule has 0 fully saturated rings. The number of likely N-dealkylation sites (N-methyl/N-ethyl adjacent to an activating group) is 1. The van der Waals surface area contributed by atoms with E-state index in [0.717, 1.165) is 37.8 Å². The number of rotatable bonds is 8. The van der Waals surface area contributed by atoms with Crippen LogP contribution in [0.5, 0.6) is 0 Å². The first-order valence-corrected chi connectivity index (χ1v) is 9.57. The standard InChI is InChI=1S/C21H34N6.HI/c1-17(2)20-19(16-27(6)24-20)15-26(5)21(22-3)23-12-13-25(4)14-18-10-8-7-9-11-18;/h7-11,16-17H,12-15H2,1-6H3,(H,22,23);1H. The van der Waals surface area contributed by atoms with Crippen molar-refractivity contribution in [3.05, 3.63) is 53.3 Å². The SMILES string of the molecule is CN=C(NCCN(C)Cc1ccccc1)N(C)Cc1cn(C)nc1C(C)C.I. The van der Waals surface area contributed by atoms with Crippen molar-refractivity contribution in [1.29, 1.82) is 0 Å². The maximum absolute atomic E-state index is 4.60. The first kappa shape index (κ1) is 24.4. The largest absolute Gasteiger partial charge is 0.355 e. The zero-order chi connectivity index (χ0) is 19.8. The Labute approximate surface area is 187 Å². The smallest absolute Gasteiger partial charge is 0.193 e. The van der Waals surface area contributed by atoms with E-state index in [4.69, 9.17) is 0 Å². The summed E-state index contributed by atoms with van der Waals surface area (Å²) in [5, 5.41) is 8.07. The normalized spacial score (nSPS) is 11.6. The van der Waals surface area contributed by atoms with Crippen LogP contribution in [0.3, 0.4) is 0 Å². The van der Waals surface area contributed by atoms with Crippen LogP contribution in [0.1, 0.15) is 36.6 Å². The maximum atomic E-state index is 4.60. The fourth-order valence-corrected chi connectivity index (χ4v) is 3.21. The van der Waals surface area contributed by atoms with Crippen LogP contribution in [-0.4, -0.2) is 59.8 Å². The van der Waals surface area contributed by atoms with Crippen molar-refractivity contribution in [2.24, 2.45) is 12.0 Å². The summed E-state index contributed by atoms with van der Waals surface area (Å²) < 4.78 is 1.90. The average molecular weight is 498 g/mol. The number of aliphatic imine (C=N–C) groups is 1. The molecule has 1 heterocycles. The molecule has 0 saturated carbocycles. The van der Waals surface area contributed by atoms with Gasteiger partial charge in [-0.1, -0.05) is 44.2 Å². The first-order valence-electron chi connectivity index (χ1n) is 9.57. The third-order valence-corrected chi connectivity index (χ3v) is 4.54.